The number of aromatic nitrogens is 2. The van der Waals surface area contributed by atoms with Crippen LogP contribution >= 0.6 is 11.3 Å². The van der Waals surface area contributed by atoms with Gasteiger partial charge in [0.05, 0.1) is 5.00 Å². The Labute approximate surface area is 111 Å². The third kappa shape index (κ3) is 3.41. The second kappa shape index (κ2) is 6.32. The molecule has 0 saturated heterocycles. The van der Waals surface area contributed by atoms with Gasteiger partial charge in [-0.1, -0.05) is 0 Å². The van der Waals surface area contributed by atoms with Crippen LogP contribution in [-0.2, 0) is 0 Å². The zero-order valence-electron chi connectivity index (χ0n) is 10.6. The van der Waals surface area contributed by atoms with Crippen molar-refractivity contribution in [3.63, 3.8) is 0 Å². The predicted molar refractivity (Wildman–Crippen MR) is 76.8 cm³/mol. The highest BCUT2D eigenvalue weighted by molar-refractivity contribution is 7.14. The Hall–Kier alpha value is -1.66. The first-order valence-electron chi connectivity index (χ1n) is 5.78. The number of thiophene rings is 1. The number of anilines is 3. The molecule has 2 rings (SSSR count). The van der Waals surface area contributed by atoms with E-state index in [4.69, 9.17) is 0 Å². The van der Waals surface area contributed by atoms with Crippen molar-refractivity contribution >= 4 is 28.0 Å². The molecule has 2 heterocycles. The topological polar surface area (TPSA) is 53.1 Å². The van der Waals surface area contributed by atoms with Gasteiger partial charge in [-0.3, -0.25) is 0 Å². The van der Waals surface area contributed by atoms with Gasteiger partial charge >= 0.3 is 0 Å². The lowest BCUT2D eigenvalue weighted by molar-refractivity contribution is 0.760. The average Bonchev–Trinajstić information content (AvgIpc) is 2.89. The van der Waals surface area contributed by atoms with Crippen molar-refractivity contribution < 1.29 is 0 Å². The van der Waals surface area contributed by atoms with Gasteiger partial charge in [0.25, 0.3) is 0 Å². The molecule has 0 radical (unpaired) electrons. The molecule has 18 heavy (non-hydrogen) atoms. The first-order chi connectivity index (χ1) is 8.79. The summed E-state index contributed by atoms with van der Waals surface area (Å²) in [6, 6.07) is 5.99. The zero-order chi connectivity index (χ0) is 12.8. The summed E-state index contributed by atoms with van der Waals surface area (Å²) in [6.07, 6.45) is 1.58. The molecule has 0 aliphatic heterocycles. The summed E-state index contributed by atoms with van der Waals surface area (Å²) in [5.74, 6) is 1.73. The van der Waals surface area contributed by atoms with Gasteiger partial charge in [0.2, 0.25) is 0 Å². The van der Waals surface area contributed by atoms with Crippen LogP contribution in [0, 0.1) is 0 Å². The molecule has 2 N–H and O–H groups in total. The van der Waals surface area contributed by atoms with Gasteiger partial charge < -0.3 is 15.5 Å². The van der Waals surface area contributed by atoms with Crippen molar-refractivity contribution in [2.24, 2.45) is 0 Å². The summed E-state index contributed by atoms with van der Waals surface area (Å²) < 4.78 is 0. The molecule has 2 aromatic heterocycles. The highest BCUT2D eigenvalue weighted by atomic mass is 32.1. The molecule has 0 bridgehead atoms. The van der Waals surface area contributed by atoms with Crippen molar-refractivity contribution in [3.8, 4) is 0 Å². The van der Waals surface area contributed by atoms with Gasteiger partial charge in [0.1, 0.15) is 18.0 Å². The molecule has 0 unspecified atom stereocenters. The Kier molecular flexibility index (Phi) is 4.49. The van der Waals surface area contributed by atoms with E-state index < -0.39 is 0 Å². The number of rotatable bonds is 6. The van der Waals surface area contributed by atoms with Crippen LogP contribution in [0.15, 0.2) is 29.9 Å². The van der Waals surface area contributed by atoms with Gasteiger partial charge in [-0.2, -0.15) is 0 Å². The number of likely N-dealkylation sites (N-methyl/N-ethyl adjacent to an activating group) is 2. The smallest absolute Gasteiger partial charge is 0.136 e. The summed E-state index contributed by atoms with van der Waals surface area (Å²) in [5, 5.41) is 9.49. The van der Waals surface area contributed by atoms with E-state index in [1.165, 1.54) is 0 Å². The molecule has 0 aliphatic carbocycles. The largest absolute Gasteiger partial charge is 0.358 e. The zero-order valence-corrected chi connectivity index (χ0v) is 11.4. The van der Waals surface area contributed by atoms with Gasteiger partial charge in [0, 0.05) is 26.2 Å². The number of nitrogens with one attached hydrogen (secondary N) is 2. The maximum atomic E-state index is 4.27. The number of nitrogens with zero attached hydrogens (tertiary/aromatic N) is 3. The second-order valence-electron chi connectivity index (χ2n) is 3.89. The molecule has 0 aliphatic rings. The monoisotopic (exact) mass is 263 g/mol. The van der Waals surface area contributed by atoms with Gasteiger partial charge in [0.15, 0.2) is 0 Å². The Bertz CT molecular complexity index is 471. The van der Waals surface area contributed by atoms with Crippen LogP contribution in [0.1, 0.15) is 0 Å². The Morgan fingerprint density at radius 1 is 1.39 bits per heavy atom. The molecule has 96 valence electrons. The van der Waals surface area contributed by atoms with E-state index in [2.05, 4.69) is 25.5 Å². The number of hydrogen-bond donors (Lipinski definition) is 2. The highest BCUT2D eigenvalue weighted by Gasteiger charge is 2.04. The second-order valence-corrected chi connectivity index (χ2v) is 4.84. The summed E-state index contributed by atoms with van der Waals surface area (Å²) in [6.45, 7) is 1.83. The minimum absolute atomic E-state index is 0.818. The summed E-state index contributed by atoms with van der Waals surface area (Å²) >= 11 is 1.65. The van der Waals surface area contributed by atoms with E-state index in [0.29, 0.717) is 0 Å². The SMILES string of the molecule is CNCCN(C)c1cc(Nc2cccs2)ncn1. The summed E-state index contributed by atoms with van der Waals surface area (Å²) in [4.78, 5) is 10.6. The van der Waals surface area contributed by atoms with E-state index in [1.807, 2.05) is 37.7 Å². The molecule has 0 saturated carbocycles. The van der Waals surface area contributed by atoms with E-state index in [0.717, 1.165) is 29.7 Å². The Morgan fingerprint density at radius 3 is 3.00 bits per heavy atom. The molecule has 0 spiro atoms. The van der Waals surface area contributed by atoms with Crippen LogP contribution < -0.4 is 15.5 Å². The summed E-state index contributed by atoms with van der Waals surface area (Å²) in [7, 11) is 3.96. The average molecular weight is 263 g/mol. The van der Waals surface area contributed by atoms with Crippen molar-refractivity contribution in [3.05, 3.63) is 29.9 Å². The van der Waals surface area contributed by atoms with Gasteiger partial charge in [-0.25, -0.2) is 9.97 Å². The fourth-order valence-corrected chi connectivity index (χ4v) is 2.12. The fourth-order valence-electron chi connectivity index (χ4n) is 1.49. The molecule has 2 aromatic rings. The fraction of sp³-hybridized carbons (Fsp3) is 0.333. The van der Waals surface area contributed by atoms with Crippen molar-refractivity contribution in [1.29, 1.82) is 0 Å². The summed E-state index contributed by atoms with van der Waals surface area (Å²) in [5.41, 5.74) is 0. The third-order valence-corrected chi connectivity index (χ3v) is 3.30. The quantitative estimate of drug-likeness (QED) is 0.834. The van der Waals surface area contributed by atoms with E-state index in [9.17, 15) is 0 Å². The van der Waals surface area contributed by atoms with Crippen LogP contribution in [-0.4, -0.2) is 37.2 Å². The lowest BCUT2D eigenvalue weighted by Gasteiger charge is -2.18. The molecular formula is C12H17N5S. The van der Waals surface area contributed by atoms with E-state index in [-0.39, 0.29) is 0 Å². The lowest BCUT2D eigenvalue weighted by atomic mass is 10.4. The van der Waals surface area contributed by atoms with Crippen LogP contribution in [0.25, 0.3) is 0 Å². The molecule has 0 amide bonds. The van der Waals surface area contributed by atoms with Crippen molar-refractivity contribution in [2.45, 2.75) is 0 Å². The Morgan fingerprint density at radius 2 is 2.28 bits per heavy atom. The molecule has 0 fully saturated rings. The van der Waals surface area contributed by atoms with E-state index in [1.54, 1.807) is 17.7 Å². The normalized spacial score (nSPS) is 10.3. The minimum atomic E-state index is 0.818. The van der Waals surface area contributed by atoms with Gasteiger partial charge in [-0.05, 0) is 24.6 Å². The molecule has 6 heteroatoms. The van der Waals surface area contributed by atoms with Crippen LogP contribution in [0.5, 0.6) is 0 Å². The molecule has 0 atom stereocenters. The van der Waals surface area contributed by atoms with Gasteiger partial charge in [-0.15, -0.1) is 11.3 Å². The van der Waals surface area contributed by atoms with E-state index >= 15 is 0 Å². The van der Waals surface area contributed by atoms with Crippen molar-refractivity contribution in [1.82, 2.24) is 15.3 Å². The van der Waals surface area contributed by atoms with Crippen LogP contribution in [0.4, 0.5) is 16.6 Å². The van der Waals surface area contributed by atoms with Crippen molar-refractivity contribution in [2.75, 3.05) is 37.4 Å². The molecule has 0 aromatic carbocycles. The highest BCUT2D eigenvalue weighted by Crippen LogP contribution is 2.21. The van der Waals surface area contributed by atoms with Crippen LogP contribution in [0.3, 0.4) is 0 Å². The number of hydrogen-bond acceptors (Lipinski definition) is 6. The lowest BCUT2D eigenvalue weighted by Crippen LogP contribution is -2.27. The first-order valence-corrected chi connectivity index (χ1v) is 6.66. The Balaban J connectivity index is 2.05. The molecular weight excluding hydrogens is 246 g/mol. The maximum absolute atomic E-state index is 4.27. The first kappa shape index (κ1) is 12.8. The standard InChI is InChI=1S/C12H17N5S/c1-13-5-6-17(2)11-8-10(14-9-15-11)16-12-4-3-7-18-12/h3-4,7-9,13H,5-6H2,1-2H3,(H,14,15,16). The minimum Gasteiger partial charge on any atom is -0.358 e. The molecule has 5 nitrogen and oxygen atoms in total. The predicted octanol–water partition coefficient (Wildman–Crippen LogP) is 1.94. The maximum Gasteiger partial charge on any atom is 0.136 e. The van der Waals surface area contributed by atoms with Crippen LogP contribution in [0.2, 0.25) is 0 Å². The third-order valence-electron chi connectivity index (χ3n) is 2.51.